The fourth-order valence-electron chi connectivity index (χ4n) is 1.93. The van der Waals surface area contributed by atoms with Crippen molar-refractivity contribution in [3.05, 3.63) is 39.8 Å². The number of hydrogen-bond donors (Lipinski definition) is 0. The molecule has 4 heteroatoms. The summed E-state index contributed by atoms with van der Waals surface area (Å²) < 4.78 is 13.0. The van der Waals surface area contributed by atoms with E-state index in [0.717, 1.165) is 10.0 Å². The molecule has 1 aliphatic heterocycles. The Bertz CT molecular complexity index is 493. The molecule has 0 saturated carbocycles. The lowest BCUT2D eigenvalue weighted by Gasteiger charge is -2.32. The summed E-state index contributed by atoms with van der Waals surface area (Å²) in [5.41, 5.74) is 1.81. The van der Waals surface area contributed by atoms with Gasteiger partial charge in [0.15, 0.2) is 0 Å². The molecule has 2 rings (SSSR count). The molecule has 1 heterocycles. The van der Waals surface area contributed by atoms with Gasteiger partial charge in [-0.05, 0) is 51.8 Å². The topological polar surface area (TPSA) is 18.5 Å². The van der Waals surface area contributed by atoms with Crippen molar-refractivity contribution in [2.75, 3.05) is 0 Å². The monoisotopic (exact) mass is 322 g/mol. The number of aryl methyl sites for hydroxylation is 1. The fraction of sp³-hybridized carbons (Fsp3) is 0.467. The third kappa shape index (κ3) is 3.12. The molecule has 0 bridgehead atoms. The van der Waals surface area contributed by atoms with Crippen molar-refractivity contribution in [3.8, 4) is 0 Å². The van der Waals surface area contributed by atoms with Crippen molar-refractivity contribution < 1.29 is 9.31 Å². The van der Waals surface area contributed by atoms with Crippen molar-refractivity contribution in [2.24, 2.45) is 0 Å². The first kappa shape index (κ1) is 14.8. The van der Waals surface area contributed by atoms with Gasteiger partial charge in [0.05, 0.1) is 11.2 Å². The summed E-state index contributed by atoms with van der Waals surface area (Å²) in [6, 6.07) is 6.25. The van der Waals surface area contributed by atoms with E-state index >= 15 is 0 Å². The zero-order valence-corrected chi connectivity index (χ0v) is 13.7. The van der Waals surface area contributed by atoms with Gasteiger partial charge in [-0.15, -0.1) is 0 Å². The first-order valence-electron chi connectivity index (χ1n) is 6.51. The Hall–Kier alpha value is -0.575. The third-order valence-electron chi connectivity index (χ3n) is 3.90. The van der Waals surface area contributed by atoms with Crippen molar-refractivity contribution in [2.45, 2.75) is 45.8 Å². The molecule has 2 nitrogen and oxygen atoms in total. The average Bonchev–Trinajstić information content (AvgIpc) is 2.49. The van der Waals surface area contributed by atoms with Crippen LogP contribution in [0.4, 0.5) is 0 Å². The molecule has 0 atom stereocenters. The molecular formula is C15H20BBrO2. The van der Waals surface area contributed by atoms with E-state index in [4.69, 9.17) is 9.31 Å². The van der Waals surface area contributed by atoms with Crippen LogP contribution in [0.2, 0.25) is 0 Å². The van der Waals surface area contributed by atoms with E-state index in [1.165, 1.54) is 5.56 Å². The molecule has 0 N–H and O–H groups in total. The Kier molecular flexibility index (Phi) is 3.96. The maximum atomic E-state index is 5.92. The lowest BCUT2D eigenvalue weighted by molar-refractivity contribution is 0.00578. The van der Waals surface area contributed by atoms with Crippen LogP contribution in [0.3, 0.4) is 0 Å². The van der Waals surface area contributed by atoms with Gasteiger partial charge in [0.25, 0.3) is 0 Å². The van der Waals surface area contributed by atoms with Gasteiger partial charge in [0, 0.05) is 4.47 Å². The highest BCUT2D eigenvalue weighted by Crippen LogP contribution is 2.37. The molecule has 102 valence electrons. The normalized spacial score (nSPS) is 21.3. The number of hydrogen-bond acceptors (Lipinski definition) is 2. The highest BCUT2D eigenvalue weighted by atomic mass is 79.9. The molecule has 1 saturated heterocycles. The smallest absolute Gasteiger partial charge is 0.400 e. The third-order valence-corrected chi connectivity index (χ3v) is 4.79. The highest BCUT2D eigenvalue weighted by Gasteiger charge is 2.49. The first-order valence-corrected chi connectivity index (χ1v) is 7.31. The van der Waals surface area contributed by atoms with Crippen LogP contribution in [0, 0.1) is 6.92 Å². The van der Waals surface area contributed by atoms with E-state index in [0.29, 0.717) is 0 Å². The van der Waals surface area contributed by atoms with Crippen molar-refractivity contribution in [1.29, 1.82) is 0 Å². The largest absolute Gasteiger partial charge is 0.487 e. The fourth-order valence-corrected chi connectivity index (χ4v) is 2.18. The summed E-state index contributed by atoms with van der Waals surface area (Å²) in [5.74, 6) is 1.97. The molecule has 1 aromatic carbocycles. The predicted octanol–water partition coefficient (Wildman–Crippen LogP) is 4.40. The van der Waals surface area contributed by atoms with E-state index in [9.17, 15) is 0 Å². The lowest BCUT2D eigenvalue weighted by atomic mass is 9.89. The Morgan fingerprint density at radius 2 is 1.68 bits per heavy atom. The van der Waals surface area contributed by atoms with Crippen LogP contribution in [0.1, 0.15) is 38.8 Å². The quantitative estimate of drug-likeness (QED) is 0.751. The van der Waals surface area contributed by atoms with Crippen molar-refractivity contribution in [3.63, 3.8) is 0 Å². The Labute approximate surface area is 124 Å². The van der Waals surface area contributed by atoms with Gasteiger partial charge in [0.2, 0.25) is 0 Å². The van der Waals surface area contributed by atoms with Crippen LogP contribution in [0.15, 0.2) is 28.6 Å². The summed E-state index contributed by atoms with van der Waals surface area (Å²) in [7, 11) is -0.283. The number of rotatable bonds is 2. The molecule has 19 heavy (non-hydrogen) atoms. The van der Waals surface area contributed by atoms with Gasteiger partial charge in [-0.3, -0.25) is 0 Å². The molecule has 0 aromatic heterocycles. The molecule has 0 unspecified atom stereocenters. The second-order valence-electron chi connectivity index (χ2n) is 5.99. The average molecular weight is 323 g/mol. The molecule has 0 aliphatic carbocycles. The minimum atomic E-state index is -0.283. The minimum absolute atomic E-state index is 0.280. The first-order chi connectivity index (χ1) is 8.71. The second kappa shape index (κ2) is 5.08. The van der Waals surface area contributed by atoms with Crippen LogP contribution < -0.4 is 0 Å². The van der Waals surface area contributed by atoms with E-state index < -0.39 is 0 Å². The van der Waals surface area contributed by atoms with Crippen molar-refractivity contribution >= 4 is 29.1 Å². The molecular weight excluding hydrogens is 303 g/mol. The molecule has 0 radical (unpaired) electrons. The summed E-state index contributed by atoms with van der Waals surface area (Å²) in [4.78, 5) is 0. The zero-order valence-electron chi connectivity index (χ0n) is 12.2. The maximum absolute atomic E-state index is 5.92. The summed E-state index contributed by atoms with van der Waals surface area (Å²) in [6.45, 7) is 10.3. The molecule has 0 amide bonds. The van der Waals surface area contributed by atoms with Gasteiger partial charge >= 0.3 is 7.12 Å². The van der Waals surface area contributed by atoms with Gasteiger partial charge in [-0.2, -0.15) is 0 Å². The van der Waals surface area contributed by atoms with E-state index in [2.05, 4.69) is 68.7 Å². The second-order valence-corrected chi connectivity index (χ2v) is 6.85. The van der Waals surface area contributed by atoms with Gasteiger partial charge in [0.1, 0.15) is 0 Å². The Balaban J connectivity index is 2.10. The summed E-state index contributed by atoms with van der Waals surface area (Å²) in [5, 5.41) is 0. The van der Waals surface area contributed by atoms with E-state index in [-0.39, 0.29) is 18.3 Å². The minimum Gasteiger partial charge on any atom is -0.400 e. The van der Waals surface area contributed by atoms with E-state index in [1.807, 2.05) is 12.1 Å². The number of halogens is 1. The standard InChI is InChI=1S/C15H20BBrO2/c1-11-10-12(6-7-13(11)17)8-9-16-18-14(2,3)15(4,5)19-16/h6-10H,1-5H3/b9-8+. The van der Waals surface area contributed by atoms with Crippen LogP contribution in [0.25, 0.3) is 6.08 Å². The van der Waals surface area contributed by atoms with Crippen LogP contribution in [-0.4, -0.2) is 18.3 Å². The number of benzene rings is 1. The van der Waals surface area contributed by atoms with Crippen LogP contribution >= 0.6 is 15.9 Å². The van der Waals surface area contributed by atoms with E-state index in [1.54, 1.807) is 0 Å². The Morgan fingerprint density at radius 1 is 1.11 bits per heavy atom. The summed E-state index contributed by atoms with van der Waals surface area (Å²) >= 11 is 3.50. The SMILES string of the molecule is Cc1cc(/C=C/B2OC(C)(C)C(C)(C)O2)ccc1Br. The highest BCUT2D eigenvalue weighted by molar-refractivity contribution is 9.10. The maximum Gasteiger partial charge on any atom is 0.487 e. The lowest BCUT2D eigenvalue weighted by Crippen LogP contribution is -2.41. The predicted molar refractivity (Wildman–Crippen MR) is 84.0 cm³/mol. The zero-order chi connectivity index (χ0) is 14.3. The molecule has 1 aliphatic rings. The van der Waals surface area contributed by atoms with Crippen LogP contribution in [-0.2, 0) is 9.31 Å². The van der Waals surface area contributed by atoms with Crippen LogP contribution in [0.5, 0.6) is 0 Å². The van der Waals surface area contributed by atoms with Gasteiger partial charge in [-0.1, -0.05) is 40.1 Å². The molecule has 1 fully saturated rings. The Morgan fingerprint density at radius 3 is 2.21 bits per heavy atom. The van der Waals surface area contributed by atoms with Gasteiger partial charge < -0.3 is 9.31 Å². The van der Waals surface area contributed by atoms with Crippen molar-refractivity contribution in [1.82, 2.24) is 0 Å². The molecule has 1 aromatic rings. The summed E-state index contributed by atoms with van der Waals surface area (Å²) in [6.07, 6.45) is 2.04. The molecule has 0 spiro atoms. The van der Waals surface area contributed by atoms with Gasteiger partial charge in [-0.25, -0.2) is 0 Å².